The number of nitrogens with one attached hydrogen (secondary N) is 1. The summed E-state index contributed by atoms with van der Waals surface area (Å²) < 4.78 is 5.80. The van der Waals surface area contributed by atoms with Gasteiger partial charge in [0.25, 0.3) is 0 Å². The summed E-state index contributed by atoms with van der Waals surface area (Å²) in [6.45, 7) is 5.70. The highest BCUT2D eigenvalue weighted by atomic mass is 16.4. The third-order valence-corrected chi connectivity index (χ3v) is 4.68. The zero-order chi connectivity index (χ0) is 20.1. The summed E-state index contributed by atoms with van der Waals surface area (Å²) >= 11 is 0. The number of oxazole rings is 1. The Labute approximate surface area is 165 Å². The van der Waals surface area contributed by atoms with E-state index in [2.05, 4.69) is 19.9 Å². The van der Waals surface area contributed by atoms with Gasteiger partial charge >= 0.3 is 0 Å². The number of likely N-dealkylation sites (N-methyl/N-ethyl adjacent to an activating group) is 1. The van der Waals surface area contributed by atoms with Crippen molar-refractivity contribution in [2.24, 2.45) is 0 Å². The average molecular weight is 381 g/mol. The first-order valence-corrected chi connectivity index (χ1v) is 9.37. The summed E-state index contributed by atoms with van der Waals surface area (Å²) in [4.78, 5) is 28.9. The van der Waals surface area contributed by atoms with Crippen molar-refractivity contribution in [2.75, 3.05) is 27.2 Å². The largest absolute Gasteiger partial charge is 0.441 e. The van der Waals surface area contributed by atoms with Crippen LogP contribution in [0.1, 0.15) is 22.8 Å². The van der Waals surface area contributed by atoms with Gasteiger partial charge in [0.15, 0.2) is 0 Å². The summed E-state index contributed by atoms with van der Waals surface area (Å²) in [6.07, 6.45) is 1.87. The van der Waals surface area contributed by atoms with Crippen LogP contribution in [0.15, 0.2) is 41.1 Å². The van der Waals surface area contributed by atoms with E-state index in [1.165, 1.54) is 0 Å². The molecular weight excluding hydrogens is 354 g/mol. The average Bonchev–Trinajstić information content (AvgIpc) is 3.24. The number of nitrogens with zero attached hydrogens (tertiary/aromatic N) is 4. The Bertz CT molecular complexity index is 914. The third kappa shape index (κ3) is 4.86. The van der Waals surface area contributed by atoms with Crippen molar-refractivity contribution in [1.82, 2.24) is 24.8 Å². The number of aromatic nitrogens is 3. The van der Waals surface area contributed by atoms with Crippen LogP contribution in [0.2, 0.25) is 0 Å². The number of H-pyrrole nitrogens is 1. The summed E-state index contributed by atoms with van der Waals surface area (Å²) in [5.41, 5.74) is 3.44. The van der Waals surface area contributed by atoms with Gasteiger partial charge in [-0.05, 0) is 40.1 Å². The van der Waals surface area contributed by atoms with Gasteiger partial charge in [-0.2, -0.15) is 0 Å². The maximum absolute atomic E-state index is 13.0. The molecule has 0 fully saturated rings. The van der Waals surface area contributed by atoms with Crippen LogP contribution in [0.25, 0.3) is 11.5 Å². The summed E-state index contributed by atoms with van der Waals surface area (Å²) in [7, 11) is 3.99. The Hall–Kier alpha value is -2.93. The molecule has 3 rings (SSSR count). The van der Waals surface area contributed by atoms with Gasteiger partial charge in [-0.1, -0.05) is 18.2 Å². The molecule has 2 heterocycles. The summed E-state index contributed by atoms with van der Waals surface area (Å²) in [5.74, 6) is 1.24. The van der Waals surface area contributed by atoms with E-state index in [0.717, 1.165) is 23.5 Å². The van der Waals surface area contributed by atoms with E-state index in [9.17, 15) is 4.79 Å². The SMILES string of the molecule is Cc1[nH]cnc1CN(CCN(C)C)C(=O)Cc1nc(-c2ccccc2)oc1C. The fourth-order valence-electron chi connectivity index (χ4n) is 2.89. The molecule has 3 aromatic rings. The second-order valence-electron chi connectivity index (χ2n) is 7.16. The molecule has 7 nitrogen and oxygen atoms in total. The van der Waals surface area contributed by atoms with E-state index in [-0.39, 0.29) is 12.3 Å². The standard InChI is InChI=1S/C21H27N5O2/c1-15-19(23-14-22-15)13-26(11-10-25(3)4)20(27)12-18-16(2)28-21(24-18)17-8-6-5-7-9-17/h5-9,14H,10-13H2,1-4H3,(H,22,23). The van der Waals surface area contributed by atoms with Crippen molar-refractivity contribution < 1.29 is 9.21 Å². The minimum Gasteiger partial charge on any atom is -0.441 e. The molecule has 148 valence electrons. The fourth-order valence-corrected chi connectivity index (χ4v) is 2.89. The molecule has 0 spiro atoms. The first kappa shape index (κ1) is 19.8. The van der Waals surface area contributed by atoms with Crippen LogP contribution < -0.4 is 0 Å². The van der Waals surface area contributed by atoms with Gasteiger partial charge in [0.05, 0.1) is 30.7 Å². The number of aromatic amines is 1. The molecule has 2 aromatic heterocycles. The molecule has 7 heteroatoms. The van der Waals surface area contributed by atoms with Gasteiger partial charge in [-0.25, -0.2) is 9.97 Å². The van der Waals surface area contributed by atoms with Crippen LogP contribution in [0, 0.1) is 13.8 Å². The normalized spacial score (nSPS) is 11.2. The molecule has 1 N–H and O–H groups in total. The Morgan fingerprint density at radius 3 is 2.50 bits per heavy atom. The van der Waals surface area contributed by atoms with Crippen LogP contribution in [0.5, 0.6) is 0 Å². The first-order valence-electron chi connectivity index (χ1n) is 9.37. The zero-order valence-corrected chi connectivity index (χ0v) is 16.9. The molecule has 28 heavy (non-hydrogen) atoms. The lowest BCUT2D eigenvalue weighted by Gasteiger charge is -2.24. The number of hydrogen-bond acceptors (Lipinski definition) is 5. The molecule has 1 aromatic carbocycles. The number of imidazole rings is 1. The zero-order valence-electron chi connectivity index (χ0n) is 16.9. The first-order chi connectivity index (χ1) is 13.4. The minimum absolute atomic E-state index is 0.0141. The summed E-state index contributed by atoms with van der Waals surface area (Å²) in [6, 6.07) is 9.72. The molecule has 0 aliphatic carbocycles. The van der Waals surface area contributed by atoms with Crippen LogP contribution in [-0.2, 0) is 17.8 Å². The third-order valence-electron chi connectivity index (χ3n) is 4.68. The lowest BCUT2D eigenvalue weighted by molar-refractivity contribution is -0.131. The minimum atomic E-state index is 0.0141. The van der Waals surface area contributed by atoms with E-state index in [0.29, 0.717) is 30.4 Å². The maximum atomic E-state index is 13.0. The van der Waals surface area contributed by atoms with Crippen molar-refractivity contribution in [3.8, 4) is 11.5 Å². The molecule has 0 unspecified atom stereocenters. The Morgan fingerprint density at radius 2 is 1.86 bits per heavy atom. The van der Waals surface area contributed by atoms with E-state index in [1.54, 1.807) is 6.33 Å². The number of benzene rings is 1. The second kappa shape index (κ2) is 8.84. The van der Waals surface area contributed by atoms with Gasteiger partial charge in [0.2, 0.25) is 11.8 Å². The van der Waals surface area contributed by atoms with E-state index in [1.807, 2.05) is 63.2 Å². The maximum Gasteiger partial charge on any atom is 0.229 e. The molecule has 0 aliphatic heterocycles. The number of carbonyl (C=O) groups excluding carboxylic acids is 1. The number of aryl methyl sites for hydroxylation is 2. The van der Waals surface area contributed by atoms with Crippen LogP contribution in [0.3, 0.4) is 0 Å². The predicted octanol–water partition coefficient (Wildman–Crippen LogP) is 2.81. The lowest BCUT2D eigenvalue weighted by atomic mass is 10.2. The topological polar surface area (TPSA) is 78.3 Å². The van der Waals surface area contributed by atoms with Crippen molar-refractivity contribution in [3.05, 3.63) is 59.5 Å². The van der Waals surface area contributed by atoms with Gasteiger partial charge < -0.3 is 19.2 Å². The molecule has 1 amide bonds. The molecule has 0 saturated carbocycles. The number of rotatable bonds is 8. The Morgan fingerprint density at radius 1 is 1.11 bits per heavy atom. The molecule has 0 bridgehead atoms. The predicted molar refractivity (Wildman–Crippen MR) is 108 cm³/mol. The molecular formula is C21H27N5O2. The monoisotopic (exact) mass is 381 g/mol. The quantitative estimate of drug-likeness (QED) is 0.649. The Kier molecular flexibility index (Phi) is 6.26. The van der Waals surface area contributed by atoms with E-state index >= 15 is 0 Å². The fraction of sp³-hybridized carbons (Fsp3) is 0.381. The Balaban J connectivity index is 1.75. The van der Waals surface area contributed by atoms with Crippen LogP contribution in [0.4, 0.5) is 0 Å². The van der Waals surface area contributed by atoms with Gasteiger partial charge in [-0.3, -0.25) is 4.79 Å². The highest BCUT2D eigenvalue weighted by Crippen LogP contribution is 2.22. The van der Waals surface area contributed by atoms with Gasteiger partial charge in [0, 0.05) is 24.3 Å². The number of amides is 1. The molecule has 0 saturated heterocycles. The molecule has 0 aliphatic rings. The van der Waals surface area contributed by atoms with E-state index < -0.39 is 0 Å². The van der Waals surface area contributed by atoms with Crippen molar-refractivity contribution in [1.29, 1.82) is 0 Å². The van der Waals surface area contributed by atoms with Crippen LogP contribution in [-0.4, -0.2) is 57.8 Å². The van der Waals surface area contributed by atoms with Gasteiger partial charge in [0.1, 0.15) is 5.76 Å². The second-order valence-corrected chi connectivity index (χ2v) is 7.16. The molecule has 0 atom stereocenters. The van der Waals surface area contributed by atoms with Crippen molar-refractivity contribution >= 4 is 5.91 Å². The highest BCUT2D eigenvalue weighted by molar-refractivity contribution is 5.78. The van der Waals surface area contributed by atoms with Gasteiger partial charge in [-0.15, -0.1) is 0 Å². The number of hydrogen-bond donors (Lipinski definition) is 1. The van der Waals surface area contributed by atoms with Crippen molar-refractivity contribution in [2.45, 2.75) is 26.8 Å². The lowest BCUT2D eigenvalue weighted by Crippen LogP contribution is -2.37. The van der Waals surface area contributed by atoms with Crippen LogP contribution >= 0.6 is 0 Å². The number of carbonyl (C=O) groups is 1. The van der Waals surface area contributed by atoms with Crippen molar-refractivity contribution in [3.63, 3.8) is 0 Å². The van der Waals surface area contributed by atoms with E-state index in [4.69, 9.17) is 4.42 Å². The smallest absolute Gasteiger partial charge is 0.229 e. The highest BCUT2D eigenvalue weighted by Gasteiger charge is 2.20. The summed E-state index contributed by atoms with van der Waals surface area (Å²) in [5, 5.41) is 0. The molecule has 0 radical (unpaired) electrons.